The highest BCUT2D eigenvalue weighted by Gasteiger charge is 2.28. The number of methoxy groups -OCH3 is 1. The topological polar surface area (TPSA) is 95.2 Å². The Morgan fingerprint density at radius 2 is 1.74 bits per heavy atom. The minimum absolute atomic E-state index is 0.0433. The SMILES string of the molecule is COc1cc(CN(CC2CCC(C(=O)O)CC2)C(C)c2ccc(Cl)cc2)ccc1SCCn1c(O)ccc1O. The van der Waals surface area contributed by atoms with Gasteiger partial charge in [0.2, 0.25) is 0 Å². The molecule has 1 fully saturated rings. The van der Waals surface area contributed by atoms with Crippen LogP contribution in [0.25, 0.3) is 0 Å². The maximum atomic E-state index is 11.4. The average molecular weight is 573 g/mol. The summed E-state index contributed by atoms with van der Waals surface area (Å²) in [5, 5.41) is 29.9. The molecule has 9 heteroatoms. The Bertz CT molecular complexity index is 1220. The number of hydrogen-bond donors (Lipinski definition) is 3. The van der Waals surface area contributed by atoms with Crippen molar-refractivity contribution in [3.05, 3.63) is 70.7 Å². The number of halogens is 1. The van der Waals surface area contributed by atoms with Gasteiger partial charge in [-0.1, -0.05) is 29.8 Å². The zero-order chi connectivity index (χ0) is 27.9. The van der Waals surface area contributed by atoms with Gasteiger partial charge in [-0.2, -0.15) is 0 Å². The lowest BCUT2D eigenvalue weighted by molar-refractivity contribution is -0.143. The van der Waals surface area contributed by atoms with Crippen LogP contribution in [0.1, 0.15) is 49.8 Å². The van der Waals surface area contributed by atoms with Gasteiger partial charge in [-0.05, 0) is 73.9 Å². The summed E-state index contributed by atoms with van der Waals surface area (Å²) < 4.78 is 7.20. The number of benzene rings is 2. The first-order valence-electron chi connectivity index (χ1n) is 13.3. The zero-order valence-corrected chi connectivity index (χ0v) is 24.0. The predicted molar refractivity (Wildman–Crippen MR) is 155 cm³/mol. The van der Waals surface area contributed by atoms with Gasteiger partial charge in [0, 0.05) is 53.5 Å². The molecule has 1 aliphatic rings. The molecule has 7 nitrogen and oxygen atoms in total. The van der Waals surface area contributed by atoms with Gasteiger partial charge in [-0.3, -0.25) is 14.3 Å². The third kappa shape index (κ3) is 7.65. The summed E-state index contributed by atoms with van der Waals surface area (Å²) in [6.07, 6.45) is 3.32. The molecule has 3 aromatic rings. The molecule has 0 radical (unpaired) electrons. The number of rotatable bonds is 12. The molecule has 1 unspecified atom stereocenters. The number of carboxylic acids is 1. The lowest BCUT2D eigenvalue weighted by Crippen LogP contribution is -2.34. The Kier molecular flexibility index (Phi) is 10.1. The van der Waals surface area contributed by atoms with Crippen LogP contribution in [0.15, 0.2) is 59.5 Å². The van der Waals surface area contributed by atoms with Gasteiger partial charge in [0.05, 0.1) is 13.0 Å². The standard InChI is InChI=1S/C30H37ClN2O5S/c1-20(23-8-10-25(31)11-9-23)32(18-21-3-6-24(7-4-21)30(36)37)19-22-5-12-27(26(17-22)38-2)39-16-15-33-28(34)13-14-29(33)35/h5,8-14,17,20-21,24,34-35H,3-4,6-7,15-16,18-19H2,1-2H3,(H,36,37). The highest BCUT2D eigenvalue weighted by atomic mass is 35.5. The summed E-state index contributed by atoms with van der Waals surface area (Å²) in [7, 11) is 1.67. The molecule has 0 spiro atoms. The normalized spacial score (nSPS) is 18.3. The molecule has 0 aliphatic heterocycles. The molecule has 210 valence electrons. The van der Waals surface area contributed by atoms with Crippen LogP contribution in [0.4, 0.5) is 0 Å². The Labute approximate surface area is 239 Å². The molecule has 1 aliphatic carbocycles. The second-order valence-corrected chi connectivity index (χ2v) is 11.8. The highest BCUT2D eigenvalue weighted by molar-refractivity contribution is 7.99. The first-order valence-corrected chi connectivity index (χ1v) is 14.7. The van der Waals surface area contributed by atoms with Crippen molar-refractivity contribution in [3.8, 4) is 17.5 Å². The largest absolute Gasteiger partial charge is 0.496 e. The third-order valence-electron chi connectivity index (χ3n) is 7.71. The second kappa shape index (κ2) is 13.5. The van der Waals surface area contributed by atoms with Crippen molar-refractivity contribution in [2.75, 3.05) is 19.4 Å². The third-order valence-corrected chi connectivity index (χ3v) is 9.00. The van der Waals surface area contributed by atoms with Crippen molar-refractivity contribution in [1.82, 2.24) is 9.47 Å². The van der Waals surface area contributed by atoms with E-state index in [4.69, 9.17) is 16.3 Å². The number of aromatic hydroxyl groups is 2. The predicted octanol–water partition coefficient (Wildman–Crippen LogP) is 6.81. The monoisotopic (exact) mass is 572 g/mol. The van der Waals surface area contributed by atoms with E-state index in [2.05, 4.69) is 42.2 Å². The van der Waals surface area contributed by atoms with Gasteiger partial charge >= 0.3 is 5.97 Å². The first-order chi connectivity index (χ1) is 18.7. The number of ether oxygens (including phenoxy) is 1. The summed E-state index contributed by atoms with van der Waals surface area (Å²) in [5.74, 6) is 1.09. The molecule has 0 amide bonds. The zero-order valence-electron chi connectivity index (χ0n) is 22.4. The number of hydrogen-bond acceptors (Lipinski definition) is 6. The molecule has 39 heavy (non-hydrogen) atoms. The van der Waals surface area contributed by atoms with Crippen molar-refractivity contribution < 1.29 is 24.9 Å². The van der Waals surface area contributed by atoms with Crippen LogP contribution in [-0.4, -0.2) is 50.2 Å². The Balaban J connectivity index is 1.46. The molecule has 1 aromatic heterocycles. The van der Waals surface area contributed by atoms with Gasteiger partial charge in [0.1, 0.15) is 5.75 Å². The van der Waals surface area contributed by atoms with E-state index in [9.17, 15) is 20.1 Å². The van der Waals surface area contributed by atoms with Crippen LogP contribution >= 0.6 is 23.4 Å². The van der Waals surface area contributed by atoms with Crippen LogP contribution in [0.3, 0.4) is 0 Å². The number of nitrogens with zero attached hydrogens (tertiary/aromatic N) is 2. The van der Waals surface area contributed by atoms with Crippen LogP contribution < -0.4 is 4.74 Å². The van der Waals surface area contributed by atoms with Gasteiger partial charge in [0.15, 0.2) is 11.8 Å². The molecule has 2 aromatic carbocycles. The van der Waals surface area contributed by atoms with Crippen molar-refractivity contribution in [3.63, 3.8) is 0 Å². The van der Waals surface area contributed by atoms with Crippen molar-refractivity contribution in [2.45, 2.75) is 56.6 Å². The number of carbonyl (C=O) groups is 1. The van der Waals surface area contributed by atoms with Gasteiger partial charge < -0.3 is 20.1 Å². The summed E-state index contributed by atoms with van der Waals surface area (Å²) >= 11 is 7.75. The van der Waals surface area contributed by atoms with E-state index in [1.165, 1.54) is 22.3 Å². The van der Waals surface area contributed by atoms with Crippen LogP contribution in [0.2, 0.25) is 5.02 Å². The second-order valence-electron chi connectivity index (χ2n) is 10.2. The molecule has 1 saturated carbocycles. The molecular formula is C30H37ClN2O5S. The molecule has 3 N–H and O–H groups in total. The van der Waals surface area contributed by atoms with Gasteiger partial charge in [-0.15, -0.1) is 11.8 Å². The molecule has 1 atom stereocenters. The molecule has 4 rings (SSSR count). The van der Waals surface area contributed by atoms with E-state index >= 15 is 0 Å². The van der Waals surface area contributed by atoms with E-state index in [0.29, 0.717) is 23.2 Å². The molecule has 1 heterocycles. The van der Waals surface area contributed by atoms with E-state index in [-0.39, 0.29) is 23.7 Å². The minimum atomic E-state index is -0.674. The molecular weight excluding hydrogens is 536 g/mol. The fourth-order valence-corrected chi connectivity index (χ4v) is 6.39. The fraction of sp³-hybridized carbons (Fsp3) is 0.433. The van der Waals surface area contributed by atoms with Gasteiger partial charge in [-0.25, -0.2) is 0 Å². The number of carboxylic acid groups (broad SMARTS) is 1. The van der Waals surface area contributed by atoms with Crippen molar-refractivity contribution in [2.24, 2.45) is 11.8 Å². The fourth-order valence-electron chi connectivity index (χ4n) is 5.32. The van der Waals surface area contributed by atoms with Gasteiger partial charge in [0.25, 0.3) is 0 Å². The number of thioether (sulfide) groups is 1. The van der Waals surface area contributed by atoms with Crippen molar-refractivity contribution >= 4 is 29.3 Å². The van der Waals surface area contributed by atoms with E-state index in [1.807, 2.05) is 12.1 Å². The quantitative estimate of drug-likeness (QED) is 0.205. The maximum Gasteiger partial charge on any atom is 0.306 e. The molecule has 0 saturated heterocycles. The first kappa shape index (κ1) is 29.2. The summed E-state index contributed by atoms with van der Waals surface area (Å²) in [6, 6.07) is 17.4. The smallest absolute Gasteiger partial charge is 0.306 e. The van der Waals surface area contributed by atoms with Crippen LogP contribution in [0, 0.1) is 11.8 Å². The Morgan fingerprint density at radius 3 is 2.36 bits per heavy atom. The highest BCUT2D eigenvalue weighted by Crippen LogP contribution is 2.35. The number of aromatic nitrogens is 1. The lowest BCUT2D eigenvalue weighted by Gasteiger charge is -2.35. The summed E-state index contributed by atoms with van der Waals surface area (Å²) in [6.45, 7) is 4.30. The average Bonchev–Trinajstić information content (AvgIpc) is 3.26. The lowest BCUT2D eigenvalue weighted by atomic mass is 9.81. The number of aliphatic carboxylic acids is 1. The summed E-state index contributed by atoms with van der Waals surface area (Å²) in [4.78, 5) is 14.9. The van der Waals surface area contributed by atoms with E-state index in [1.54, 1.807) is 18.9 Å². The summed E-state index contributed by atoms with van der Waals surface area (Å²) in [5.41, 5.74) is 2.33. The van der Waals surface area contributed by atoms with Crippen LogP contribution in [0.5, 0.6) is 17.5 Å². The Morgan fingerprint density at radius 1 is 1.08 bits per heavy atom. The molecule has 0 bridgehead atoms. The van der Waals surface area contributed by atoms with Crippen LogP contribution in [-0.2, 0) is 17.9 Å². The van der Waals surface area contributed by atoms with Crippen molar-refractivity contribution in [1.29, 1.82) is 0 Å². The maximum absolute atomic E-state index is 11.4. The van der Waals surface area contributed by atoms with E-state index < -0.39 is 5.97 Å². The van der Waals surface area contributed by atoms with E-state index in [0.717, 1.165) is 55.0 Å². The Hall–Kier alpha value is -2.81. The minimum Gasteiger partial charge on any atom is -0.496 e.